The average molecular weight is 247 g/mol. The quantitative estimate of drug-likeness (QED) is 0.800. The van der Waals surface area contributed by atoms with Crippen molar-refractivity contribution in [2.24, 2.45) is 11.7 Å². The summed E-state index contributed by atoms with van der Waals surface area (Å²) in [6.07, 6.45) is 4.77. The van der Waals surface area contributed by atoms with Crippen LogP contribution in [0.5, 0.6) is 5.75 Å². The van der Waals surface area contributed by atoms with Gasteiger partial charge in [0.05, 0.1) is 6.61 Å². The molecule has 1 atom stereocenters. The van der Waals surface area contributed by atoms with Gasteiger partial charge in [0, 0.05) is 0 Å². The fraction of sp³-hybridized carbons (Fsp3) is 0.625. The molecular weight excluding hydrogens is 222 g/mol. The standard InChI is InChI=1S/C16H25NO/c1-3-12(2)15-10-13(8-9-17)6-7-16(15)18-11-14-4-5-14/h6-7,10,12,14H,3-5,8-9,11,17H2,1-2H3. The van der Waals surface area contributed by atoms with Gasteiger partial charge >= 0.3 is 0 Å². The summed E-state index contributed by atoms with van der Waals surface area (Å²) in [5.74, 6) is 2.44. The van der Waals surface area contributed by atoms with E-state index < -0.39 is 0 Å². The fourth-order valence-electron chi connectivity index (χ4n) is 2.15. The molecular formula is C16H25NO. The molecule has 1 aliphatic carbocycles. The number of hydrogen-bond acceptors (Lipinski definition) is 2. The van der Waals surface area contributed by atoms with E-state index in [1.54, 1.807) is 0 Å². The molecule has 100 valence electrons. The molecule has 2 heteroatoms. The molecule has 1 aliphatic rings. The Bertz CT molecular complexity index is 385. The Hall–Kier alpha value is -1.02. The molecule has 1 fully saturated rings. The minimum atomic E-state index is 0.553. The molecule has 2 rings (SSSR count). The summed E-state index contributed by atoms with van der Waals surface area (Å²) in [4.78, 5) is 0. The third-order valence-electron chi connectivity index (χ3n) is 3.82. The molecule has 0 bridgehead atoms. The normalized spacial score (nSPS) is 16.6. The van der Waals surface area contributed by atoms with Crippen LogP contribution in [0.1, 0.15) is 50.2 Å². The highest BCUT2D eigenvalue weighted by atomic mass is 16.5. The molecule has 2 N–H and O–H groups in total. The van der Waals surface area contributed by atoms with Crippen LogP contribution in [0, 0.1) is 5.92 Å². The number of hydrogen-bond donors (Lipinski definition) is 1. The van der Waals surface area contributed by atoms with E-state index in [-0.39, 0.29) is 0 Å². The van der Waals surface area contributed by atoms with Gasteiger partial charge < -0.3 is 10.5 Å². The second-order valence-corrected chi connectivity index (χ2v) is 5.47. The average Bonchev–Trinajstić information content (AvgIpc) is 3.20. The number of benzene rings is 1. The Kier molecular flexibility index (Phi) is 4.65. The molecule has 2 nitrogen and oxygen atoms in total. The van der Waals surface area contributed by atoms with Crippen LogP contribution in [0.15, 0.2) is 18.2 Å². The lowest BCUT2D eigenvalue weighted by molar-refractivity contribution is 0.295. The zero-order valence-corrected chi connectivity index (χ0v) is 11.6. The first-order chi connectivity index (χ1) is 8.74. The lowest BCUT2D eigenvalue weighted by Crippen LogP contribution is -2.06. The summed E-state index contributed by atoms with van der Waals surface area (Å²) in [6.45, 7) is 6.10. The Morgan fingerprint density at radius 2 is 2.17 bits per heavy atom. The summed E-state index contributed by atoms with van der Waals surface area (Å²) in [5.41, 5.74) is 8.31. The SMILES string of the molecule is CCC(C)c1cc(CCN)ccc1OCC1CC1. The van der Waals surface area contributed by atoms with Crippen molar-refractivity contribution < 1.29 is 4.74 Å². The summed E-state index contributed by atoms with van der Waals surface area (Å²) in [6, 6.07) is 6.57. The number of nitrogens with two attached hydrogens (primary N) is 1. The molecule has 1 unspecified atom stereocenters. The van der Waals surface area contributed by atoms with Crippen LogP contribution in [-0.4, -0.2) is 13.2 Å². The minimum Gasteiger partial charge on any atom is -0.493 e. The van der Waals surface area contributed by atoms with Gasteiger partial charge in [0.1, 0.15) is 5.75 Å². The van der Waals surface area contributed by atoms with Gasteiger partial charge in [-0.25, -0.2) is 0 Å². The summed E-state index contributed by atoms with van der Waals surface area (Å²) >= 11 is 0. The monoisotopic (exact) mass is 247 g/mol. The van der Waals surface area contributed by atoms with Crippen LogP contribution in [0.3, 0.4) is 0 Å². The van der Waals surface area contributed by atoms with Crippen molar-refractivity contribution in [1.82, 2.24) is 0 Å². The van der Waals surface area contributed by atoms with Crippen molar-refractivity contribution in [2.75, 3.05) is 13.2 Å². The van der Waals surface area contributed by atoms with Crippen LogP contribution in [0.2, 0.25) is 0 Å². The van der Waals surface area contributed by atoms with Crippen LogP contribution in [0.25, 0.3) is 0 Å². The molecule has 1 aromatic rings. The van der Waals surface area contributed by atoms with Gasteiger partial charge in [-0.05, 0) is 61.3 Å². The van der Waals surface area contributed by atoms with E-state index in [4.69, 9.17) is 10.5 Å². The highest BCUT2D eigenvalue weighted by Gasteiger charge is 2.22. The van der Waals surface area contributed by atoms with Gasteiger partial charge in [0.2, 0.25) is 0 Å². The first-order valence-electron chi connectivity index (χ1n) is 7.20. The Labute approximate surface area is 111 Å². The van der Waals surface area contributed by atoms with Gasteiger partial charge in [0.25, 0.3) is 0 Å². The van der Waals surface area contributed by atoms with Crippen molar-refractivity contribution in [2.45, 2.75) is 45.4 Å². The fourth-order valence-corrected chi connectivity index (χ4v) is 2.15. The van der Waals surface area contributed by atoms with Crippen molar-refractivity contribution >= 4 is 0 Å². The third-order valence-corrected chi connectivity index (χ3v) is 3.82. The summed E-state index contributed by atoms with van der Waals surface area (Å²) in [7, 11) is 0. The third kappa shape index (κ3) is 3.49. The first-order valence-corrected chi connectivity index (χ1v) is 7.20. The zero-order valence-electron chi connectivity index (χ0n) is 11.6. The van der Waals surface area contributed by atoms with E-state index in [0.717, 1.165) is 31.1 Å². The molecule has 0 aliphatic heterocycles. The van der Waals surface area contributed by atoms with Gasteiger partial charge in [0.15, 0.2) is 0 Å². The van der Waals surface area contributed by atoms with Crippen molar-refractivity contribution in [3.05, 3.63) is 29.3 Å². The lowest BCUT2D eigenvalue weighted by atomic mass is 9.95. The molecule has 1 aromatic carbocycles. The maximum Gasteiger partial charge on any atom is 0.122 e. The Morgan fingerprint density at radius 3 is 2.78 bits per heavy atom. The molecule has 0 saturated heterocycles. The van der Waals surface area contributed by atoms with E-state index in [2.05, 4.69) is 32.0 Å². The smallest absolute Gasteiger partial charge is 0.122 e. The first kappa shape index (κ1) is 13.4. The minimum absolute atomic E-state index is 0.553. The highest BCUT2D eigenvalue weighted by molar-refractivity contribution is 5.39. The predicted octanol–water partition coefficient (Wildman–Crippen LogP) is 3.49. The van der Waals surface area contributed by atoms with Gasteiger partial charge in [-0.2, -0.15) is 0 Å². The molecule has 0 amide bonds. The van der Waals surface area contributed by atoms with Crippen molar-refractivity contribution in [3.63, 3.8) is 0 Å². The second-order valence-electron chi connectivity index (χ2n) is 5.47. The topological polar surface area (TPSA) is 35.2 Å². The summed E-state index contributed by atoms with van der Waals surface area (Å²) < 4.78 is 5.99. The van der Waals surface area contributed by atoms with E-state index in [9.17, 15) is 0 Å². The van der Waals surface area contributed by atoms with Crippen LogP contribution < -0.4 is 10.5 Å². The van der Waals surface area contributed by atoms with E-state index in [1.165, 1.54) is 24.0 Å². The molecule has 0 heterocycles. The van der Waals surface area contributed by atoms with Crippen LogP contribution in [-0.2, 0) is 6.42 Å². The maximum absolute atomic E-state index is 5.99. The lowest BCUT2D eigenvalue weighted by Gasteiger charge is -2.17. The number of ether oxygens (including phenoxy) is 1. The molecule has 18 heavy (non-hydrogen) atoms. The Morgan fingerprint density at radius 1 is 1.39 bits per heavy atom. The van der Waals surface area contributed by atoms with Gasteiger partial charge in [-0.3, -0.25) is 0 Å². The van der Waals surface area contributed by atoms with E-state index >= 15 is 0 Å². The zero-order chi connectivity index (χ0) is 13.0. The van der Waals surface area contributed by atoms with E-state index in [1.807, 2.05) is 0 Å². The summed E-state index contributed by atoms with van der Waals surface area (Å²) in [5, 5.41) is 0. The van der Waals surface area contributed by atoms with Crippen LogP contribution >= 0.6 is 0 Å². The molecule has 0 aromatic heterocycles. The van der Waals surface area contributed by atoms with Gasteiger partial charge in [-0.15, -0.1) is 0 Å². The molecule has 0 radical (unpaired) electrons. The highest BCUT2D eigenvalue weighted by Crippen LogP contribution is 2.33. The van der Waals surface area contributed by atoms with Crippen LogP contribution in [0.4, 0.5) is 0 Å². The molecule has 1 saturated carbocycles. The predicted molar refractivity (Wildman–Crippen MR) is 76.1 cm³/mol. The maximum atomic E-state index is 5.99. The van der Waals surface area contributed by atoms with Crippen molar-refractivity contribution in [1.29, 1.82) is 0 Å². The Balaban J connectivity index is 2.13. The second kappa shape index (κ2) is 6.24. The molecule has 0 spiro atoms. The van der Waals surface area contributed by atoms with Crippen molar-refractivity contribution in [3.8, 4) is 5.75 Å². The van der Waals surface area contributed by atoms with Gasteiger partial charge in [-0.1, -0.05) is 26.0 Å². The van der Waals surface area contributed by atoms with E-state index in [0.29, 0.717) is 12.5 Å². The number of rotatable bonds is 7. The largest absolute Gasteiger partial charge is 0.493 e.